The molecular weight excluding hydrogens is 548 g/mol. The molecule has 4 rings (SSSR count). The number of carbonyl (C=O) groups is 4. The Balaban J connectivity index is 1.42. The van der Waals surface area contributed by atoms with Crippen LogP contribution in [-0.4, -0.2) is 80.1 Å². The van der Waals surface area contributed by atoms with Crippen LogP contribution in [0.25, 0.3) is 0 Å². The smallest absolute Gasteiger partial charge is 0.318 e. The van der Waals surface area contributed by atoms with Crippen LogP contribution in [0.5, 0.6) is 0 Å². The molecule has 0 radical (unpaired) electrons. The zero-order chi connectivity index (χ0) is 30.3. The van der Waals surface area contributed by atoms with Gasteiger partial charge in [0, 0.05) is 19.6 Å². The fraction of sp³-hybridized carbons (Fsp3) is 0.515. The van der Waals surface area contributed by atoms with E-state index in [1.54, 1.807) is 4.90 Å². The van der Waals surface area contributed by atoms with Gasteiger partial charge in [0.15, 0.2) is 0 Å². The number of ether oxygens (including phenoxy) is 2. The SMILES string of the molecule is O=C(NCCc1ccccc1)C(=O)C(COCc1ccccc1)NC(=O)C(CC1CCCCC1)NC(=O)N1CCOCC1. The van der Waals surface area contributed by atoms with Gasteiger partial charge in [0.1, 0.15) is 12.1 Å². The van der Waals surface area contributed by atoms with Crippen LogP contribution in [0, 0.1) is 5.92 Å². The molecule has 2 aliphatic rings. The van der Waals surface area contributed by atoms with E-state index in [0.29, 0.717) is 45.1 Å². The number of amides is 4. The minimum Gasteiger partial charge on any atom is -0.378 e. The first-order valence-electron chi connectivity index (χ1n) is 15.4. The third-order valence-corrected chi connectivity index (χ3v) is 8.00. The molecule has 4 amide bonds. The normalized spacial score (nSPS) is 17.0. The monoisotopic (exact) mass is 592 g/mol. The first kappa shape index (κ1) is 32.2. The number of hydrogen-bond acceptors (Lipinski definition) is 6. The van der Waals surface area contributed by atoms with Gasteiger partial charge in [-0.2, -0.15) is 0 Å². The number of urea groups is 1. The van der Waals surface area contributed by atoms with Gasteiger partial charge >= 0.3 is 6.03 Å². The fourth-order valence-electron chi connectivity index (χ4n) is 5.53. The molecule has 232 valence electrons. The summed E-state index contributed by atoms with van der Waals surface area (Å²) in [5.41, 5.74) is 1.94. The summed E-state index contributed by atoms with van der Waals surface area (Å²) < 4.78 is 11.2. The van der Waals surface area contributed by atoms with Crippen LogP contribution in [0.3, 0.4) is 0 Å². The summed E-state index contributed by atoms with van der Waals surface area (Å²) in [6, 6.07) is 16.7. The minimum atomic E-state index is -1.21. The number of rotatable bonds is 14. The van der Waals surface area contributed by atoms with Crippen LogP contribution in [0.2, 0.25) is 0 Å². The van der Waals surface area contributed by atoms with E-state index in [1.807, 2.05) is 60.7 Å². The molecule has 2 atom stereocenters. The predicted octanol–water partition coefficient (Wildman–Crippen LogP) is 3.00. The maximum absolute atomic E-state index is 13.7. The summed E-state index contributed by atoms with van der Waals surface area (Å²) in [5.74, 6) is -1.78. The van der Waals surface area contributed by atoms with Crippen LogP contribution in [-0.2, 0) is 36.9 Å². The lowest BCUT2D eigenvalue weighted by molar-refractivity contribution is -0.141. The molecule has 1 heterocycles. The standard InChI is InChI=1S/C33H44N4O6/c38-30(32(40)34-17-16-25-10-4-1-5-11-25)29(24-43-23-27-14-8-3-9-15-27)35-31(39)28(22-26-12-6-2-7-13-26)36-33(41)37-18-20-42-21-19-37/h1,3-5,8-11,14-15,26,28-29H,2,6-7,12-13,16-24H2,(H,34,40)(H,35,39)(H,36,41). The maximum Gasteiger partial charge on any atom is 0.318 e. The highest BCUT2D eigenvalue weighted by Gasteiger charge is 2.33. The maximum atomic E-state index is 13.7. The van der Waals surface area contributed by atoms with Gasteiger partial charge in [0.2, 0.25) is 11.7 Å². The second kappa shape index (κ2) is 17.4. The number of hydrogen-bond donors (Lipinski definition) is 3. The van der Waals surface area contributed by atoms with E-state index in [0.717, 1.165) is 36.8 Å². The average Bonchev–Trinajstić information content (AvgIpc) is 3.05. The van der Waals surface area contributed by atoms with Crippen molar-refractivity contribution in [2.75, 3.05) is 39.5 Å². The van der Waals surface area contributed by atoms with Crippen LogP contribution in [0.1, 0.15) is 49.7 Å². The van der Waals surface area contributed by atoms with Gasteiger partial charge in [-0.3, -0.25) is 14.4 Å². The Hall–Kier alpha value is -3.76. The number of carbonyl (C=O) groups excluding carboxylic acids is 4. The molecule has 2 unspecified atom stereocenters. The van der Waals surface area contributed by atoms with Crippen molar-refractivity contribution in [1.29, 1.82) is 0 Å². The van der Waals surface area contributed by atoms with Crippen LogP contribution in [0.4, 0.5) is 4.79 Å². The molecule has 1 saturated heterocycles. The molecule has 43 heavy (non-hydrogen) atoms. The van der Waals surface area contributed by atoms with Crippen molar-refractivity contribution in [2.24, 2.45) is 5.92 Å². The lowest BCUT2D eigenvalue weighted by atomic mass is 9.84. The first-order chi connectivity index (χ1) is 21.0. The number of nitrogens with zero attached hydrogens (tertiary/aromatic N) is 1. The molecule has 2 aromatic rings. The fourth-order valence-corrected chi connectivity index (χ4v) is 5.53. The summed E-state index contributed by atoms with van der Waals surface area (Å²) in [6.45, 7) is 2.10. The van der Waals surface area contributed by atoms with Crippen molar-refractivity contribution >= 4 is 23.6 Å². The molecule has 0 spiro atoms. The Labute approximate surface area is 253 Å². The summed E-state index contributed by atoms with van der Waals surface area (Å²) in [6.07, 6.45) is 6.37. The van der Waals surface area contributed by atoms with E-state index in [4.69, 9.17) is 9.47 Å². The molecule has 1 saturated carbocycles. The molecule has 1 aliphatic carbocycles. The molecule has 10 heteroatoms. The number of benzene rings is 2. The third kappa shape index (κ3) is 10.8. The van der Waals surface area contributed by atoms with Gasteiger partial charge < -0.3 is 30.3 Å². The molecule has 3 N–H and O–H groups in total. The van der Waals surface area contributed by atoms with Crippen LogP contribution in [0.15, 0.2) is 60.7 Å². The van der Waals surface area contributed by atoms with Crippen molar-refractivity contribution in [3.63, 3.8) is 0 Å². The molecule has 2 aromatic carbocycles. The van der Waals surface area contributed by atoms with Gasteiger partial charge in [-0.05, 0) is 29.9 Å². The Morgan fingerprint density at radius 2 is 1.49 bits per heavy atom. The van der Waals surface area contributed by atoms with Gasteiger partial charge in [-0.15, -0.1) is 0 Å². The van der Waals surface area contributed by atoms with E-state index >= 15 is 0 Å². The zero-order valence-electron chi connectivity index (χ0n) is 24.8. The molecular formula is C33H44N4O6. The second-order valence-electron chi connectivity index (χ2n) is 11.3. The summed E-state index contributed by atoms with van der Waals surface area (Å²) in [5, 5.41) is 8.35. The summed E-state index contributed by atoms with van der Waals surface area (Å²) in [7, 11) is 0. The number of morpholine rings is 1. The molecule has 2 fully saturated rings. The van der Waals surface area contributed by atoms with Gasteiger partial charge in [-0.25, -0.2) is 4.79 Å². The number of ketones is 1. The Kier molecular flexibility index (Phi) is 13.0. The van der Waals surface area contributed by atoms with Crippen LogP contribution < -0.4 is 16.0 Å². The second-order valence-corrected chi connectivity index (χ2v) is 11.3. The number of Topliss-reactive ketones (excluding diaryl/α,β-unsaturated/α-hetero) is 1. The van der Waals surface area contributed by atoms with Gasteiger partial charge in [0.05, 0.1) is 26.4 Å². The third-order valence-electron chi connectivity index (χ3n) is 8.00. The van der Waals surface area contributed by atoms with Crippen molar-refractivity contribution in [3.05, 3.63) is 71.8 Å². The van der Waals surface area contributed by atoms with E-state index in [9.17, 15) is 19.2 Å². The largest absolute Gasteiger partial charge is 0.378 e. The van der Waals surface area contributed by atoms with E-state index in [2.05, 4.69) is 16.0 Å². The highest BCUT2D eigenvalue weighted by atomic mass is 16.5. The average molecular weight is 593 g/mol. The van der Waals surface area contributed by atoms with E-state index in [1.165, 1.54) is 6.42 Å². The lowest BCUT2D eigenvalue weighted by Gasteiger charge is -2.31. The highest BCUT2D eigenvalue weighted by Crippen LogP contribution is 2.27. The van der Waals surface area contributed by atoms with E-state index < -0.39 is 29.7 Å². The predicted molar refractivity (Wildman–Crippen MR) is 162 cm³/mol. The molecule has 1 aliphatic heterocycles. The first-order valence-corrected chi connectivity index (χ1v) is 15.4. The van der Waals surface area contributed by atoms with Gasteiger partial charge in [-0.1, -0.05) is 92.8 Å². The molecule has 10 nitrogen and oxygen atoms in total. The quantitative estimate of drug-likeness (QED) is 0.290. The Morgan fingerprint density at radius 1 is 0.837 bits per heavy atom. The molecule has 0 aromatic heterocycles. The molecule has 0 bridgehead atoms. The van der Waals surface area contributed by atoms with E-state index in [-0.39, 0.29) is 25.8 Å². The Bertz CT molecular complexity index is 1170. The summed E-state index contributed by atoms with van der Waals surface area (Å²) >= 11 is 0. The highest BCUT2D eigenvalue weighted by molar-refractivity contribution is 6.38. The van der Waals surface area contributed by atoms with Crippen molar-refractivity contribution in [1.82, 2.24) is 20.9 Å². The lowest BCUT2D eigenvalue weighted by Crippen LogP contribution is -2.58. The minimum absolute atomic E-state index is 0.181. The summed E-state index contributed by atoms with van der Waals surface area (Å²) in [4.78, 5) is 54.6. The zero-order valence-corrected chi connectivity index (χ0v) is 24.8. The van der Waals surface area contributed by atoms with Crippen molar-refractivity contribution in [2.45, 2.75) is 63.6 Å². The van der Waals surface area contributed by atoms with Crippen molar-refractivity contribution < 1.29 is 28.7 Å². The van der Waals surface area contributed by atoms with Gasteiger partial charge in [0.25, 0.3) is 5.91 Å². The van der Waals surface area contributed by atoms with Crippen molar-refractivity contribution in [3.8, 4) is 0 Å². The topological polar surface area (TPSA) is 126 Å². The number of nitrogens with one attached hydrogen (secondary N) is 3. The van der Waals surface area contributed by atoms with Crippen LogP contribution >= 0.6 is 0 Å². The Morgan fingerprint density at radius 3 is 2.16 bits per heavy atom.